The monoisotopic (exact) mass is 266 g/mol. The van der Waals surface area contributed by atoms with Gasteiger partial charge in [-0.2, -0.15) is 0 Å². The van der Waals surface area contributed by atoms with E-state index in [-0.39, 0.29) is 11.8 Å². The van der Waals surface area contributed by atoms with E-state index in [2.05, 4.69) is 10.3 Å². The lowest BCUT2D eigenvalue weighted by Crippen LogP contribution is -2.36. The third-order valence-electron chi connectivity index (χ3n) is 3.41. The molecule has 1 aromatic heterocycles. The molecule has 2 amide bonds. The Hall–Kier alpha value is -2.62. The van der Waals surface area contributed by atoms with E-state index in [1.165, 1.54) is 0 Å². The van der Waals surface area contributed by atoms with Crippen LogP contribution in [0.2, 0.25) is 0 Å². The minimum atomic E-state index is -0.361. The van der Waals surface area contributed by atoms with Gasteiger partial charge in [-0.3, -0.25) is 14.9 Å². The second-order valence-electron chi connectivity index (χ2n) is 4.94. The number of nitrogens with one attached hydrogen (secondary N) is 2. The molecule has 0 spiro atoms. The van der Waals surface area contributed by atoms with Gasteiger partial charge in [-0.1, -0.05) is 18.2 Å². The van der Waals surface area contributed by atoms with Crippen molar-refractivity contribution in [3.05, 3.63) is 58.4 Å². The van der Waals surface area contributed by atoms with Crippen LogP contribution >= 0.6 is 0 Å². The number of aromatic nitrogens is 1. The summed E-state index contributed by atoms with van der Waals surface area (Å²) in [7, 11) is 0. The molecule has 20 heavy (non-hydrogen) atoms. The van der Waals surface area contributed by atoms with Gasteiger partial charge < -0.3 is 4.98 Å². The van der Waals surface area contributed by atoms with E-state index < -0.39 is 0 Å². The van der Waals surface area contributed by atoms with Crippen LogP contribution in [0.4, 0.5) is 0 Å². The number of amides is 2. The van der Waals surface area contributed by atoms with Crippen molar-refractivity contribution in [3.63, 3.8) is 0 Å². The zero-order valence-corrected chi connectivity index (χ0v) is 11.3. The van der Waals surface area contributed by atoms with Crippen molar-refractivity contribution < 1.29 is 9.59 Å². The van der Waals surface area contributed by atoms with Crippen molar-refractivity contribution in [2.45, 2.75) is 13.8 Å². The molecule has 1 aliphatic rings. The number of rotatable bonds is 1. The maximum Gasteiger partial charge on any atom is 0.258 e. The number of imide groups is 1. The van der Waals surface area contributed by atoms with E-state index >= 15 is 0 Å². The Balaban J connectivity index is 2.18. The van der Waals surface area contributed by atoms with Crippen LogP contribution in [0.25, 0.3) is 11.6 Å². The minimum Gasteiger partial charge on any atom is -0.359 e. The Kier molecular flexibility index (Phi) is 2.79. The summed E-state index contributed by atoms with van der Waals surface area (Å²) in [5.74, 6) is -0.706. The molecule has 1 aromatic carbocycles. The summed E-state index contributed by atoms with van der Waals surface area (Å²) in [6, 6.07) is 9.14. The Labute approximate surface area is 116 Å². The summed E-state index contributed by atoms with van der Waals surface area (Å²) in [6.45, 7) is 3.95. The average molecular weight is 266 g/mol. The molecule has 4 nitrogen and oxygen atoms in total. The van der Waals surface area contributed by atoms with E-state index in [1.807, 2.05) is 26.0 Å². The molecule has 4 heteroatoms. The Morgan fingerprint density at radius 3 is 2.35 bits per heavy atom. The fourth-order valence-electron chi connectivity index (χ4n) is 2.46. The Morgan fingerprint density at radius 1 is 1.00 bits per heavy atom. The first-order chi connectivity index (χ1) is 9.56. The van der Waals surface area contributed by atoms with Gasteiger partial charge in [0, 0.05) is 28.1 Å². The van der Waals surface area contributed by atoms with Crippen LogP contribution in [0.1, 0.15) is 32.9 Å². The van der Waals surface area contributed by atoms with Gasteiger partial charge in [-0.05, 0) is 37.6 Å². The van der Waals surface area contributed by atoms with Gasteiger partial charge in [0.15, 0.2) is 0 Å². The van der Waals surface area contributed by atoms with Crippen LogP contribution in [0.3, 0.4) is 0 Å². The molecule has 2 aromatic rings. The summed E-state index contributed by atoms with van der Waals surface area (Å²) in [6.07, 6.45) is 1.79. The summed E-state index contributed by atoms with van der Waals surface area (Å²) < 4.78 is 0. The fourth-order valence-corrected chi connectivity index (χ4v) is 2.46. The van der Waals surface area contributed by atoms with Crippen molar-refractivity contribution in [1.82, 2.24) is 10.3 Å². The first-order valence-electron chi connectivity index (χ1n) is 6.39. The molecule has 2 heterocycles. The summed E-state index contributed by atoms with van der Waals surface area (Å²) in [5.41, 5.74) is 4.70. The normalized spacial score (nSPS) is 16.2. The molecule has 0 unspecified atom stereocenters. The van der Waals surface area contributed by atoms with Crippen LogP contribution in [0.5, 0.6) is 0 Å². The Bertz CT molecular complexity index is 754. The number of hydrogen-bond acceptors (Lipinski definition) is 2. The highest BCUT2D eigenvalue weighted by Gasteiger charge is 2.26. The maximum atomic E-state index is 12.1. The predicted molar refractivity (Wildman–Crippen MR) is 77.1 cm³/mol. The van der Waals surface area contributed by atoms with E-state index in [4.69, 9.17) is 0 Å². The fraction of sp³-hybridized carbons (Fsp3) is 0.125. The largest absolute Gasteiger partial charge is 0.359 e. The third-order valence-corrected chi connectivity index (χ3v) is 3.41. The van der Waals surface area contributed by atoms with Crippen molar-refractivity contribution in [3.8, 4) is 0 Å². The molecule has 0 saturated heterocycles. The van der Waals surface area contributed by atoms with E-state index in [0.717, 1.165) is 17.0 Å². The van der Waals surface area contributed by atoms with E-state index in [9.17, 15) is 9.59 Å². The topological polar surface area (TPSA) is 62.0 Å². The number of carbonyl (C=O) groups is 2. The zero-order valence-electron chi connectivity index (χ0n) is 11.3. The SMILES string of the molecule is Cc1cc(C)c(C=C2C(=O)NC(=O)c3ccccc32)[nH]1. The maximum absolute atomic E-state index is 12.1. The van der Waals surface area contributed by atoms with Crippen LogP contribution in [-0.4, -0.2) is 16.8 Å². The number of carbonyl (C=O) groups excluding carboxylic acids is 2. The van der Waals surface area contributed by atoms with Crippen molar-refractivity contribution >= 4 is 23.5 Å². The van der Waals surface area contributed by atoms with Gasteiger partial charge >= 0.3 is 0 Å². The molecule has 3 rings (SSSR count). The smallest absolute Gasteiger partial charge is 0.258 e. The molecule has 1 aliphatic heterocycles. The van der Waals surface area contributed by atoms with Gasteiger partial charge in [0.25, 0.3) is 11.8 Å². The van der Waals surface area contributed by atoms with Crippen molar-refractivity contribution in [1.29, 1.82) is 0 Å². The number of benzene rings is 1. The lowest BCUT2D eigenvalue weighted by molar-refractivity contribution is -0.114. The average Bonchev–Trinajstić information content (AvgIpc) is 2.73. The first kappa shape index (κ1) is 12.4. The van der Waals surface area contributed by atoms with E-state index in [1.54, 1.807) is 24.3 Å². The summed E-state index contributed by atoms with van der Waals surface area (Å²) >= 11 is 0. The van der Waals surface area contributed by atoms with Gasteiger partial charge in [-0.15, -0.1) is 0 Å². The highest BCUT2D eigenvalue weighted by Crippen LogP contribution is 2.26. The summed E-state index contributed by atoms with van der Waals surface area (Å²) in [5, 5.41) is 2.37. The van der Waals surface area contributed by atoms with Crippen molar-refractivity contribution in [2.75, 3.05) is 0 Å². The predicted octanol–water partition coefficient (Wildman–Crippen LogP) is 2.44. The molecule has 0 radical (unpaired) electrons. The highest BCUT2D eigenvalue weighted by atomic mass is 16.2. The van der Waals surface area contributed by atoms with E-state index in [0.29, 0.717) is 16.7 Å². The molecule has 2 N–H and O–H groups in total. The molecule has 0 atom stereocenters. The first-order valence-corrected chi connectivity index (χ1v) is 6.39. The second kappa shape index (κ2) is 4.49. The quantitative estimate of drug-likeness (QED) is 0.615. The molecule has 0 aliphatic carbocycles. The lowest BCUT2D eigenvalue weighted by atomic mass is 9.94. The lowest BCUT2D eigenvalue weighted by Gasteiger charge is -2.17. The Morgan fingerprint density at radius 2 is 1.70 bits per heavy atom. The minimum absolute atomic E-state index is 0.345. The molecule has 0 bridgehead atoms. The molecule has 100 valence electrons. The molecular formula is C16H14N2O2. The number of hydrogen-bond donors (Lipinski definition) is 2. The summed E-state index contributed by atoms with van der Waals surface area (Å²) in [4.78, 5) is 27.1. The number of fused-ring (bicyclic) bond motifs is 1. The van der Waals surface area contributed by atoms with Gasteiger partial charge in [0.1, 0.15) is 0 Å². The van der Waals surface area contributed by atoms with Crippen molar-refractivity contribution in [2.24, 2.45) is 0 Å². The van der Waals surface area contributed by atoms with Crippen LogP contribution in [-0.2, 0) is 4.79 Å². The van der Waals surface area contributed by atoms with Gasteiger partial charge in [0.2, 0.25) is 0 Å². The number of aryl methyl sites for hydroxylation is 2. The van der Waals surface area contributed by atoms with Crippen LogP contribution in [0, 0.1) is 13.8 Å². The van der Waals surface area contributed by atoms with Gasteiger partial charge in [0.05, 0.1) is 0 Å². The van der Waals surface area contributed by atoms with Crippen LogP contribution in [0.15, 0.2) is 30.3 Å². The number of aromatic amines is 1. The van der Waals surface area contributed by atoms with Gasteiger partial charge in [-0.25, -0.2) is 0 Å². The van der Waals surface area contributed by atoms with Crippen LogP contribution < -0.4 is 5.32 Å². The second-order valence-corrected chi connectivity index (χ2v) is 4.94. The molecule has 0 fully saturated rings. The standard InChI is InChI=1S/C16H14N2O2/c1-9-7-10(2)17-14(9)8-13-11-5-3-4-6-12(11)15(19)18-16(13)20/h3-8,17H,1-2H3,(H,18,19,20). The molecular weight excluding hydrogens is 252 g/mol. The number of H-pyrrole nitrogens is 1. The highest BCUT2D eigenvalue weighted by molar-refractivity contribution is 6.33. The zero-order chi connectivity index (χ0) is 14.3. The molecule has 0 saturated carbocycles. The third kappa shape index (κ3) is 1.95.